The lowest BCUT2D eigenvalue weighted by Gasteiger charge is -2.04. The predicted octanol–water partition coefficient (Wildman–Crippen LogP) is 2.99. The Morgan fingerprint density at radius 3 is 2.62 bits per heavy atom. The summed E-state index contributed by atoms with van der Waals surface area (Å²) in [6, 6.07) is 14.6. The maximum absolute atomic E-state index is 5.14. The highest BCUT2D eigenvalue weighted by molar-refractivity contribution is 5.85. The molecule has 0 heterocycles. The van der Waals surface area contributed by atoms with Crippen LogP contribution in [0.4, 0.5) is 0 Å². The van der Waals surface area contributed by atoms with Gasteiger partial charge in [-0.15, -0.1) is 0 Å². The molecule has 0 aliphatic rings. The lowest BCUT2D eigenvalue weighted by molar-refractivity contribution is 0.186. The Morgan fingerprint density at radius 2 is 1.77 bits per heavy atom. The summed E-state index contributed by atoms with van der Waals surface area (Å²) in [5.41, 5.74) is 1.25. The van der Waals surface area contributed by atoms with Gasteiger partial charge < -0.3 is 4.74 Å². The highest BCUT2D eigenvalue weighted by Crippen LogP contribution is 2.18. The minimum atomic E-state index is 0.682. The largest absolute Gasteiger partial charge is 0.380 e. The summed E-state index contributed by atoms with van der Waals surface area (Å²) in [5.74, 6) is 0. The lowest BCUT2D eigenvalue weighted by atomic mass is 10.1. The van der Waals surface area contributed by atoms with Crippen LogP contribution in [0.5, 0.6) is 0 Å². The van der Waals surface area contributed by atoms with Gasteiger partial charge in [0, 0.05) is 7.11 Å². The van der Waals surface area contributed by atoms with Crippen molar-refractivity contribution in [3.05, 3.63) is 48.0 Å². The van der Waals surface area contributed by atoms with Gasteiger partial charge in [0.2, 0.25) is 0 Å². The third-order valence-electron chi connectivity index (χ3n) is 2.18. The van der Waals surface area contributed by atoms with Gasteiger partial charge in [-0.1, -0.05) is 42.5 Å². The van der Waals surface area contributed by atoms with Crippen LogP contribution >= 0.6 is 0 Å². The molecule has 0 saturated carbocycles. The molecule has 0 unspecified atom stereocenters. The molecule has 1 nitrogen and oxygen atoms in total. The highest BCUT2D eigenvalue weighted by atomic mass is 16.5. The van der Waals surface area contributed by atoms with Gasteiger partial charge >= 0.3 is 0 Å². The van der Waals surface area contributed by atoms with E-state index in [4.69, 9.17) is 4.74 Å². The average molecular weight is 172 g/mol. The first kappa shape index (κ1) is 8.27. The molecule has 0 aromatic heterocycles. The molecule has 2 rings (SSSR count). The maximum atomic E-state index is 5.14. The molecule has 0 aliphatic carbocycles. The van der Waals surface area contributed by atoms with Crippen molar-refractivity contribution in [3.8, 4) is 0 Å². The van der Waals surface area contributed by atoms with E-state index < -0.39 is 0 Å². The Labute approximate surface area is 78.0 Å². The molecule has 0 N–H and O–H groups in total. The monoisotopic (exact) mass is 172 g/mol. The second kappa shape index (κ2) is 3.58. The molecular formula is C12H12O. The minimum Gasteiger partial charge on any atom is -0.380 e. The molecule has 0 atom stereocenters. The van der Waals surface area contributed by atoms with Crippen molar-refractivity contribution in [2.75, 3.05) is 7.11 Å². The second-order valence-electron chi connectivity index (χ2n) is 3.07. The van der Waals surface area contributed by atoms with E-state index >= 15 is 0 Å². The fourth-order valence-corrected chi connectivity index (χ4v) is 1.57. The van der Waals surface area contributed by atoms with Crippen LogP contribution in [0.3, 0.4) is 0 Å². The van der Waals surface area contributed by atoms with E-state index in [0.29, 0.717) is 6.61 Å². The Hall–Kier alpha value is -1.34. The van der Waals surface area contributed by atoms with Gasteiger partial charge in [0.05, 0.1) is 6.61 Å². The molecule has 2 aromatic rings. The average Bonchev–Trinajstić information content (AvgIpc) is 2.19. The van der Waals surface area contributed by atoms with E-state index in [9.17, 15) is 0 Å². The van der Waals surface area contributed by atoms with Gasteiger partial charge in [-0.25, -0.2) is 0 Å². The summed E-state index contributed by atoms with van der Waals surface area (Å²) in [6.45, 7) is 0.682. The van der Waals surface area contributed by atoms with Crippen molar-refractivity contribution in [3.63, 3.8) is 0 Å². The van der Waals surface area contributed by atoms with Crippen molar-refractivity contribution >= 4 is 10.8 Å². The van der Waals surface area contributed by atoms with Crippen LogP contribution in [0.15, 0.2) is 42.5 Å². The summed E-state index contributed by atoms with van der Waals surface area (Å²) in [4.78, 5) is 0. The van der Waals surface area contributed by atoms with E-state index in [-0.39, 0.29) is 0 Å². The number of benzene rings is 2. The number of rotatable bonds is 2. The zero-order valence-electron chi connectivity index (χ0n) is 7.66. The van der Waals surface area contributed by atoms with Crippen LogP contribution in [-0.4, -0.2) is 7.11 Å². The van der Waals surface area contributed by atoms with Crippen molar-refractivity contribution < 1.29 is 4.74 Å². The smallest absolute Gasteiger partial charge is 0.0719 e. The predicted molar refractivity (Wildman–Crippen MR) is 54.7 cm³/mol. The highest BCUT2D eigenvalue weighted by Gasteiger charge is 1.97. The van der Waals surface area contributed by atoms with E-state index in [1.165, 1.54) is 16.3 Å². The standard InChI is InChI=1S/C12H12O/c1-13-9-11-7-4-6-10-5-2-3-8-12(10)11/h2-8H,9H2,1H3. The maximum Gasteiger partial charge on any atom is 0.0719 e. The van der Waals surface area contributed by atoms with E-state index in [1.54, 1.807) is 7.11 Å². The van der Waals surface area contributed by atoms with Crippen LogP contribution in [0, 0.1) is 0 Å². The van der Waals surface area contributed by atoms with E-state index in [0.717, 1.165) is 0 Å². The molecule has 2 aromatic carbocycles. The molecule has 0 amide bonds. The molecule has 0 fully saturated rings. The van der Waals surface area contributed by atoms with Gasteiger partial charge in [0.15, 0.2) is 0 Å². The topological polar surface area (TPSA) is 9.23 Å². The number of hydrogen-bond donors (Lipinski definition) is 0. The van der Waals surface area contributed by atoms with Crippen LogP contribution in [0.25, 0.3) is 10.8 Å². The molecular weight excluding hydrogens is 160 g/mol. The molecule has 0 bridgehead atoms. The molecule has 1 heteroatoms. The summed E-state index contributed by atoms with van der Waals surface area (Å²) >= 11 is 0. The second-order valence-corrected chi connectivity index (χ2v) is 3.07. The Bertz CT molecular complexity index is 401. The summed E-state index contributed by atoms with van der Waals surface area (Å²) in [7, 11) is 1.72. The van der Waals surface area contributed by atoms with E-state index in [1.807, 2.05) is 0 Å². The van der Waals surface area contributed by atoms with Crippen molar-refractivity contribution in [2.24, 2.45) is 0 Å². The SMILES string of the molecule is COCc1cccc2ccccc12. The first-order valence-corrected chi connectivity index (χ1v) is 4.37. The lowest BCUT2D eigenvalue weighted by Crippen LogP contribution is -1.88. The quantitative estimate of drug-likeness (QED) is 0.676. The molecule has 0 saturated heterocycles. The van der Waals surface area contributed by atoms with Crippen LogP contribution < -0.4 is 0 Å². The zero-order valence-corrected chi connectivity index (χ0v) is 7.66. The fourth-order valence-electron chi connectivity index (χ4n) is 1.57. The van der Waals surface area contributed by atoms with Gasteiger partial charge in [-0.3, -0.25) is 0 Å². The van der Waals surface area contributed by atoms with Crippen molar-refractivity contribution in [2.45, 2.75) is 6.61 Å². The van der Waals surface area contributed by atoms with Crippen molar-refractivity contribution in [1.29, 1.82) is 0 Å². The van der Waals surface area contributed by atoms with Gasteiger partial charge in [-0.05, 0) is 16.3 Å². The van der Waals surface area contributed by atoms with Gasteiger partial charge in [-0.2, -0.15) is 0 Å². The molecule has 13 heavy (non-hydrogen) atoms. The summed E-state index contributed by atoms with van der Waals surface area (Å²) in [6.07, 6.45) is 0. The van der Waals surface area contributed by atoms with Gasteiger partial charge in [0.1, 0.15) is 0 Å². The van der Waals surface area contributed by atoms with Crippen molar-refractivity contribution in [1.82, 2.24) is 0 Å². The van der Waals surface area contributed by atoms with E-state index in [2.05, 4.69) is 42.5 Å². The van der Waals surface area contributed by atoms with Crippen LogP contribution in [0.2, 0.25) is 0 Å². The Morgan fingerprint density at radius 1 is 1.00 bits per heavy atom. The summed E-state index contributed by atoms with van der Waals surface area (Å²) in [5, 5.41) is 2.56. The summed E-state index contributed by atoms with van der Waals surface area (Å²) < 4.78 is 5.14. The molecule has 0 radical (unpaired) electrons. The number of fused-ring (bicyclic) bond motifs is 1. The fraction of sp³-hybridized carbons (Fsp3) is 0.167. The first-order chi connectivity index (χ1) is 6.42. The third-order valence-corrected chi connectivity index (χ3v) is 2.18. The Balaban J connectivity index is 2.61. The number of hydrogen-bond acceptors (Lipinski definition) is 1. The third kappa shape index (κ3) is 1.56. The molecule has 0 aliphatic heterocycles. The number of methoxy groups -OCH3 is 1. The molecule has 66 valence electrons. The van der Waals surface area contributed by atoms with Crippen LogP contribution in [-0.2, 0) is 11.3 Å². The normalized spacial score (nSPS) is 10.5. The zero-order chi connectivity index (χ0) is 9.10. The van der Waals surface area contributed by atoms with Crippen LogP contribution in [0.1, 0.15) is 5.56 Å². The van der Waals surface area contributed by atoms with Gasteiger partial charge in [0.25, 0.3) is 0 Å². The Kier molecular flexibility index (Phi) is 2.28. The minimum absolute atomic E-state index is 0.682. The number of ether oxygens (including phenoxy) is 1. The molecule has 0 spiro atoms. The first-order valence-electron chi connectivity index (χ1n) is 4.37.